The molecule has 1 aliphatic carbocycles. The molecule has 0 amide bonds. The molecule has 4 nitrogen and oxygen atoms in total. The molecule has 0 radical (unpaired) electrons. The van der Waals surface area contributed by atoms with Gasteiger partial charge in [-0.1, -0.05) is 6.07 Å². The second-order valence-electron chi connectivity index (χ2n) is 4.03. The Morgan fingerprint density at radius 1 is 1.25 bits per heavy atom. The van der Waals surface area contributed by atoms with E-state index in [4.69, 9.17) is 9.47 Å². The molecular weight excluding hydrogens is 206 g/mol. The van der Waals surface area contributed by atoms with Crippen LogP contribution in [0.1, 0.15) is 17.9 Å². The van der Waals surface area contributed by atoms with Crippen molar-refractivity contribution < 1.29 is 14.3 Å². The Morgan fingerprint density at radius 2 is 2.06 bits per heavy atom. The van der Waals surface area contributed by atoms with Gasteiger partial charge >= 0.3 is 0 Å². The fourth-order valence-corrected chi connectivity index (χ4v) is 2.04. The van der Waals surface area contributed by atoms with Crippen molar-refractivity contribution in [1.82, 2.24) is 0 Å². The zero-order valence-electron chi connectivity index (χ0n) is 8.68. The van der Waals surface area contributed by atoms with Crippen LogP contribution in [0.4, 0.5) is 0 Å². The van der Waals surface area contributed by atoms with Gasteiger partial charge in [0.2, 0.25) is 6.08 Å². The molecule has 1 fully saturated rings. The first-order chi connectivity index (χ1) is 7.88. The Bertz CT molecular complexity index is 465. The quantitative estimate of drug-likeness (QED) is 0.559. The molecule has 1 heterocycles. The van der Waals surface area contributed by atoms with Crippen LogP contribution in [0.3, 0.4) is 0 Å². The van der Waals surface area contributed by atoms with E-state index < -0.39 is 0 Å². The summed E-state index contributed by atoms with van der Waals surface area (Å²) >= 11 is 0. The summed E-state index contributed by atoms with van der Waals surface area (Å²) < 4.78 is 10.9. The SMILES string of the molecule is O=C=NC1CC1c1ccc2c(c1)OCCO2. The van der Waals surface area contributed by atoms with E-state index in [2.05, 4.69) is 4.99 Å². The zero-order valence-corrected chi connectivity index (χ0v) is 8.68. The summed E-state index contributed by atoms with van der Waals surface area (Å²) in [5.74, 6) is 1.94. The highest BCUT2D eigenvalue weighted by Gasteiger charge is 2.39. The van der Waals surface area contributed by atoms with Gasteiger partial charge in [0.25, 0.3) is 0 Å². The number of ether oxygens (including phenoxy) is 2. The second kappa shape index (κ2) is 3.65. The maximum atomic E-state index is 10.1. The van der Waals surface area contributed by atoms with Crippen LogP contribution in [0.15, 0.2) is 23.2 Å². The highest BCUT2D eigenvalue weighted by Crippen LogP contribution is 2.45. The summed E-state index contributed by atoms with van der Waals surface area (Å²) in [5, 5.41) is 0. The molecule has 1 aromatic rings. The molecule has 2 unspecified atom stereocenters. The van der Waals surface area contributed by atoms with Gasteiger partial charge in [0.05, 0.1) is 6.04 Å². The fraction of sp³-hybridized carbons (Fsp3) is 0.417. The lowest BCUT2D eigenvalue weighted by molar-refractivity contribution is 0.171. The number of benzene rings is 1. The number of isocyanates is 1. The minimum absolute atomic E-state index is 0.111. The van der Waals surface area contributed by atoms with Crippen LogP contribution in [0.25, 0.3) is 0 Å². The van der Waals surface area contributed by atoms with Gasteiger partial charge in [-0.25, -0.2) is 9.79 Å². The van der Waals surface area contributed by atoms with Crippen molar-refractivity contribution in [1.29, 1.82) is 0 Å². The van der Waals surface area contributed by atoms with Crippen molar-refractivity contribution in [3.8, 4) is 11.5 Å². The van der Waals surface area contributed by atoms with Crippen molar-refractivity contribution in [2.45, 2.75) is 18.4 Å². The van der Waals surface area contributed by atoms with E-state index in [-0.39, 0.29) is 6.04 Å². The topological polar surface area (TPSA) is 47.9 Å². The van der Waals surface area contributed by atoms with Gasteiger partial charge < -0.3 is 9.47 Å². The summed E-state index contributed by atoms with van der Waals surface area (Å²) in [6.45, 7) is 1.20. The van der Waals surface area contributed by atoms with E-state index in [1.807, 2.05) is 18.2 Å². The van der Waals surface area contributed by atoms with Crippen LogP contribution in [-0.4, -0.2) is 25.3 Å². The third-order valence-electron chi connectivity index (χ3n) is 2.97. The number of hydrogen-bond donors (Lipinski definition) is 0. The second-order valence-corrected chi connectivity index (χ2v) is 4.03. The highest BCUT2D eigenvalue weighted by molar-refractivity contribution is 5.47. The van der Waals surface area contributed by atoms with Gasteiger partial charge in [-0.05, 0) is 24.1 Å². The largest absolute Gasteiger partial charge is 0.486 e. The Balaban J connectivity index is 1.84. The van der Waals surface area contributed by atoms with Crippen molar-refractivity contribution >= 4 is 6.08 Å². The molecule has 4 heteroatoms. The Labute approximate surface area is 92.9 Å². The summed E-state index contributed by atoms with van der Waals surface area (Å²) in [6.07, 6.45) is 2.54. The number of rotatable bonds is 2. The average Bonchev–Trinajstić information content (AvgIpc) is 3.08. The smallest absolute Gasteiger partial charge is 0.235 e. The summed E-state index contributed by atoms with van der Waals surface area (Å²) in [4.78, 5) is 13.9. The van der Waals surface area contributed by atoms with Crippen LogP contribution in [0.2, 0.25) is 0 Å². The number of hydrogen-bond acceptors (Lipinski definition) is 4. The molecule has 0 spiro atoms. The van der Waals surface area contributed by atoms with Crippen molar-refractivity contribution in [3.63, 3.8) is 0 Å². The molecule has 0 saturated heterocycles. The molecular formula is C12H11NO3. The molecule has 82 valence electrons. The van der Waals surface area contributed by atoms with E-state index in [0.717, 1.165) is 23.5 Å². The molecule has 16 heavy (non-hydrogen) atoms. The number of aliphatic imine (C=N–C) groups is 1. The molecule has 3 rings (SSSR count). The van der Waals surface area contributed by atoms with Crippen molar-refractivity contribution in [2.24, 2.45) is 4.99 Å². The molecule has 1 aromatic carbocycles. The van der Waals surface area contributed by atoms with Gasteiger partial charge in [-0.2, -0.15) is 0 Å². The monoisotopic (exact) mass is 217 g/mol. The zero-order chi connectivity index (χ0) is 11.0. The van der Waals surface area contributed by atoms with E-state index in [0.29, 0.717) is 19.1 Å². The van der Waals surface area contributed by atoms with Gasteiger partial charge in [-0.3, -0.25) is 0 Å². The van der Waals surface area contributed by atoms with E-state index in [1.54, 1.807) is 6.08 Å². The van der Waals surface area contributed by atoms with E-state index >= 15 is 0 Å². The van der Waals surface area contributed by atoms with Gasteiger partial charge in [0.1, 0.15) is 13.2 Å². The Morgan fingerprint density at radius 3 is 2.88 bits per heavy atom. The first-order valence-corrected chi connectivity index (χ1v) is 5.35. The summed E-state index contributed by atoms with van der Waals surface area (Å²) in [7, 11) is 0. The van der Waals surface area contributed by atoms with Crippen LogP contribution in [0, 0.1) is 0 Å². The van der Waals surface area contributed by atoms with Gasteiger partial charge in [-0.15, -0.1) is 0 Å². The number of nitrogens with zero attached hydrogens (tertiary/aromatic N) is 1. The lowest BCUT2D eigenvalue weighted by Gasteiger charge is -2.18. The Hall–Kier alpha value is -1.80. The number of fused-ring (bicyclic) bond motifs is 1. The lowest BCUT2D eigenvalue weighted by Crippen LogP contribution is -2.15. The van der Waals surface area contributed by atoms with Crippen molar-refractivity contribution in [3.05, 3.63) is 23.8 Å². The lowest BCUT2D eigenvalue weighted by atomic mass is 10.1. The molecule has 2 atom stereocenters. The number of carbonyl (C=O) groups excluding carboxylic acids is 1. The molecule has 0 aromatic heterocycles. The maximum absolute atomic E-state index is 10.1. The highest BCUT2D eigenvalue weighted by atomic mass is 16.6. The summed E-state index contributed by atoms with van der Waals surface area (Å²) in [6, 6.07) is 6.03. The molecule has 1 aliphatic heterocycles. The van der Waals surface area contributed by atoms with Crippen LogP contribution >= 0.6 is 0 Å². The van der Waals surface area contributed by atoms with E-state index in [9.17, 15) is 4.79 Å². The molecule has 0 N–H and O–H groups in total. The first kappa shape index (κ1) is 9.43. The minimum atomic E-state index is 0.111. The average molecular weight is 217 g/mol. The minimum Gasteiger partial charge on any atom is -0.486 e. The summed E-state index contributed by atoms with van der Waals surface area (Å²) in [5.41, 5.74) is 1.16. The van der Waals surface area contributed by atoms with Crippen LogP contribution in [0.5, 0.6) is 11.5 Å². The molecule has 0 bridgehead atoms. The van der Waals surface area contributed by atoms with E-state index in [1.165, 1.54) is 0 Å². The Kier molecular flexibility index (Phi) is 2.15. The van der Waals surface area contributed by atoms with Gasteiger partial charge in [0.15, 0.2) is 11.5 Å². The van der Waals surface area contributed by atoms with Gasteiger partial charge in [0, 0.05) is 5.92 Å². The van der Waals surface area contributed by atoms with Crippen molar-refractivity contribution in [2.75, 3.05) is 13.2 Å². The predicted octanol–water partition coefficient (Wildman–Crippen LogP) is 1.65. The standard InChI is InChI=1S/C12H11NO3/c14-7-13-10-6-9(10)8-1-2-11-12(5-8)16-4-3-15-11/h1-2,5,9-10H,3-4,6H2. The third kappa shape index (κ3) is 1.57. The first-order valence-electron chi connectivity index (χ1n) is 5.35. The van der Waals surface area contributed by atoms with Crippen LogP contribution < -0.4 is 9.47 Å². The molecule has 2 aliphatic rings. The third-order valence-corrected chi connectivity index (χ3v) is 2.97. The fourth-order valence-electron chi connectivity index (χ4n) is 2.04. The molecule has 1 saturated carbocycles. The predicted molar refractivity (Wildman–Crippen MR) is 56.7 cm³/mol. The normalized spacial score (nSPS) is 25.8. The maximum Gasteiger partial charge on any atom is 0.235 e. The van der Waals surface area contributed by atoms with Crippen LogP contribution in [-0.2, 0) is 4.79 Å².